The Hall–Kier alpha value is -2.47. The van der Waals surface area contributed by atoms with Crippen LogP contribution in [-0.4, -0.2) is 10.0 Å². The third-order valence-electron chi connectivity index (χ3n) is 3.38. The molecule has 6 heteroatoms. The quantitative estimate of drug-likeness (QED) is 0.501. The molecule has 0 amide bonds. The van der Waals surface area contributed by atoms with Gasteiger partial charge in [0.1, 0.15) is 0 Å². The molecule has 5 nitrogen and oxygen atoms in total. The number of anilines is 2. The zero-order valence-corrected chi connectivity index (χ0v) is 13.5. The van der Waals surface area contributed by atoms with Crippen LogP contribution in [0, 0.1) is 30.9 Å². The summed E-state index contributed by atoms with van der Waals surface area (Å²) < 4.78 is 0. The first kappa shape index (κ1) is 15.9. The Labute approximate surface area is 134 Å². The minimum absolute atomic E-state index is 0.0693. The highest BCUT2D eigenvalue weighted by molar-refractivity contribution is 7.80. The summed E-state index contributed by atoms with van der Waals surface area (Å²) >= 11 is 5.29. The van der Waals surface area contributed by atoms with E-state index in [0.29, 0.717) is 16.4 Å². The molecule has 0 heterocycles. The molecule has 0 unspecified atom stereocenters. The number of rotatable bonds is 3. The van der Waals surface area contributed by atoms with E-state index < -0.39 is 4.92 Å². The van der Waals surface area contributed by atoms with E-state index >= 15 is 0 Å². The van der Waals surface area contributed by atoms with Crippen LogP contribution in [0.4, 0.5) is 17.1 Å². The lowest BCUT2D eigenvalue weighted by Gasteiger charge is -2.14. The van der Waals surface area contributed by atoms with Gasteiger partial charge >= 0.3 is 0 Å². The topological polar surface area (TPSA) is 67.2 Å². The molecule has 0 fully saturated rings. The normalized spacial score (nSPS) is 10.1. The number of hydrogen-bond acceptors (Lipinski definition) is 3. The zero-order valence-electron chi connectivity index (χ0n) is 12.6. The minimum Gasteiger partial charge on any atom is -0.332 e. The molecule has 2 rings (SSSR count). The van der Waals surface area contributed by atoms with E-state index in [2.05, 4.69) is 10.6 Å². The van der Waals surface area contributed by atoms with Gasteiger partial charge in [0.25, 0.3) is 5.69 Å². The predicted molar refractivity (Wildman–Crippen MR) is 93.6 cm³/mol. The molecule has 0 bridgehead atoms. The van der Waals surface area contributed by atoms with Crippen LogP contribution in [0.25, 0.3) is 0 Å². The van der Waals surface area contributed by atoms with Gasteiger partial charge in [-0.05, 0) is 50.2 Å². The molecule has 0 atom stereocenters. The van der Waals surface area contributed by atoms with Crippen LogP contribution in [0.5, 0.6) is 0 Å². The van der Waals surface area contributed by atoms with E-state index in [1.54, 1.807) is 19.1 Å². The number of nitrogens with zero attached hydrogens (tertiary/aromatic N) is 1. The number of nitro groups is 1. The van der Waals surface area contributed by atoms with Crippen LogP contribution in [0.1, 0.15) is 16.7 Å². The van der Waals surface area contributed by atoms with Crippen LogP contribution in [-0.2, 0) is 0 Å². The Bertz CT molecular complexity index is 724. The van der Waals surface area contributed by atoms with Crippen molar-refractivity contribution in [2.24, 2.45) is 0 Å². The lowest BCUT2D eigenvalue weighted by Crippen LogP contribution is -2.20. The fourth-order valence-corrected chi connectivity index (χ4v) is 2.39. The molecule has 0 saturated heterocycles. The molecule has 0 spiro atoms. The van der Waals surface area contributed by atoms with Gasteiger partial charge in [0, 0.05) is 23.0 Å². The maximum atomic E-state index is 11.0. The second-order valence-electron chi connectivity index (χ2n) is 5.10. The first-order valence-corrected chi connectivity index (χ1v) is 7.18. The van der Waals surface area contributed by atoms with Gasteiger partial charge in [0.15, 0.2) is 5.11 Å². The number of aryl methyl sites for hydroxylation is 3. The van der Waals surface area contributed by atoms with Gasteiger partial charge in [0.05, 0.1) is 4.92 Å². The molecule has 0 radical (unpaired) electrons. The number of nitrogens with one attached hydrogen (secondary N) is 2. The standard InChI is InChI=1S/C16H17N3O2S/c1-10-7-8-13(9-14(10)19(20)21)17-16(22)18-15-11(2)5-4-6-12(15)3/h4-9H,1-3H3,(H2,17,18,22). The van der Waals surface area contributed by atoms with Gasteiger partial charge < -0.3 is 10.6 Å². The van der Waals surface area contributed by atoms with Crippen LogP contribution < -0.4 is 10.6 Å². The molecule has 2 aromatic rings. The molecule has 0 aromatic heterocycles. The summed E-state index contributed by atoms with van der Waals surface area (Å²) in [6.07, 6.45) is 0. The average Bonchev–Trinajstić information content (AvgIpc) is 2.45. The molecule has 114 valence electrons. The summed E-state index contributed by atoms with van der Waals surface area (Å²) in [7, 11) is 0. The number of nitro benzene ring substituents is 1. The van der Waals surface area contributed by atoms with E-state index in [1.165, 1.54) is 6.07 Å². The molecule has 0 saturated carbocycles. The molecular formula is C16H17N3O2S. The molecule has 0 aliphatic rings. The van der Waals surface area contributed by atoms with Crippen molar-refractivity contribution < 1.29 is 4.92 Å². The Morgan fingerprint density at radius 3 is 2.27 bits per heavy atom. The average molecular weight is 315 g/mol. The first-order valence-electron chi connectivity index (χ1n) is 6.77. The van der Waals surface area contributed by atoms with E-state index in [0.717, 1.165) is 16.8 Å². The van der Waals surface area contributed by atoms with Crippen molar-refractivity contribution in [3.63, 3.8) is 0 Å². The van der Waals surface area contributed by atoms with Gasteiger partial charge in [-0.1, -0.05) is 24.3 Å². The molecule has 2 aromatic carbocycles. The summed E-state index contributed by atoms with van der Waals surface area (Å²) in [4.78, 5) is 10.6. The highest BCUT2D eigenvalue weighted by atomic mass is 32.1. The lowest BCUT2D eigenvalue weighted by atomic mass is 10.1. The second kappa shape index (κ2) is 6.53. The fraction of sp³-hybridized carbons (Fsp3) is 0.188. The lowest BCUT2D eigenvalue weighted by molar-refractivity contribution is -0.385. The van der Waals surface area contributed by atoms with Crippen LogP contribution in [0.3, 0.4) is 0 Å². The van der Waals surface area contributed by atoms with Crippen molar-refractivity contribution in [3.8, 4) is 0 Å². The monoisotopic (exact) mass is 315 g/mol. The third kappa shape index (κ3) is 3.59. The summed E-state index contributed by atoms with van der Waals surface area (Å²) in [6.45, 7) is 5.69. The van der Waals surface area contributed by atoms with Crippen molar-refractivity contribution in [1.29, 1.82) is 0 Å². The van der Waals surface area contributed by atoms with Gasteiger partial charge in [-0.15, -0.1) is 0 Å². The Kier molecular flexibility index (Phi) is 4.72. The van der Waals surface area contributed by atoms with E-state index in [-0.39, 0.29) is 5.69 Å². The highest BCUT2D eigenvalue weighted by Gasteiger charge is 2.12. The largest absolute Gasteiger partial charge is 0.332 e. The van der Waals surface area contributed by atoms with Crippen LogP contribution in [0.2, 0.25) is 0 Å². The maximum absolute atomic E-state index is 11.0. The number of hydrogen-bond donors (Lipinski definition) is 2. The number of para-hydroxylation sites is 1. The van der Waals surface area contributed by atoms with Gasteiger partial charge in [-0.25, -0.2) is 0 Å². The van der Waals surface area contributed by atoms with Crippen molar-refractivity contribution in [2.45, 2.75) is 20.8 Å². The Morgan fingerprint density at radius 1 is 1.05 bits per heavy atom. The molecular weight excluding hydrogens is 298 g/mol. The first-order chi connectivity index (χ1) is 10.4. The summed E-state index contributed by atoms with van der Waals surface area (Å²) in [5, 5.41) is 17.5. The van der Waals surface area contributed by atoms with E-state index in [1.807, 2.05) is 32.0 Å². The fourth-order valence-electron chi connectivity index (χ4n) is 2.17. The zero-order chi connectivity index (χ0) is 16.3. The molecule has 0 aliphatic heterocycles. The smallest absolute Gasteiger partial charge is 0.274 e. The Balaban J connectivity index is 2.16. The van der Waals surface area contributed by atoms with Crippen LogP contribution >= 0.6 is 12.2 Å². The van der Waals surface area contributed by atoms with Crippen molar-refractivity contribution in [2.75, 3.05) is 10.6 Å². The summed E-state index contributed by atoms with van der Waals surface area (Å²) in [5.74, 6) is 0. The van der Waals surface area contributed by atoms with Crippen molar-refractivity contribution in [1.82, 2.24) is 0 Å². The van der Waals surface area contributed by atoms with Gasteiger partial charge in [-0.2, -0.15) is 0 Å². The summed E-state index contributed by atoms with van der Waals surface area (Å²) in [5.41, 5.74) is 4.38. The second-order valence-corrected chi connectivity index (χ2v) is 5.51. The molecule has 0 aliphatic carbocycles. The number of benzene rings is 2. The predicted octanol–water partition coefficient (Wildman–Crippen LogP) is 4.33. The van der Waals surface area contributed by atoms with Gasteiger partial charge in [-0.3, -0.25) is 10.1 Å². The SMILES string of the molecule is Cc1ccc(NC(=S)Nc2c(C)cccc2C)cc1[N+](=O)[O-]. The van der Waals surface area contributed by atoms with E-state index in [9.17, 15) is 10.1 Å². The number of thiocarbonyl (C=S) groups is 1. The Morgan fingerprint density at radius 2 is 1.68 bits per heavy atom. The summed E-state index contributed by atoms with van der Waals surface area (Å²) in [6, 6.07) is 10.9. The van der Waals surface area contributed by atoms with Crippen LogP contribution in [0.15, 0.2) is 36.4 Å². The highest BCUT2D eigenvalue weighted by Crippen LogP contribution is 2.23. The third-order valence-corrected chi connectivity index (χ3v) is 3.59. The molecule has 2 N–H and O–H groups in total. The van der Waals surface area contributed by atoms with Gasteiger partial charge in [0.2, 0.25) is 0 Å². The minimum atomic E-state index is -0.400. The molecule has 22 heavy (non-hydrogen) atoms. The van der Waals surface area contributed by atoms with Crippen molar-refractivity contribution in [3.05, 3.63) is 63.2 Å². The van der Waals surface area contributed by atoms with Crippen molar-refractivity contribution >= 4 is 34.4 Å². The van der Waals surface area contributed by atoms with E-state index in [4.69, 9.17) is 12.2 Å². The maximum Gasteiger partial charge on any atom is 0.274 e.